The first-order valence-corrected chi connectivity index (χ1v) is 3.55. The molecule has 2 aromatic heterocycles. The van der Waals surface area contributed by atoms with E-state index in [1.165, 1.54) is 6.39 Å². The van der Waals surface area contributed by atoms with Gasteiger partial charge < -0.3 is 4.42 Å². The monoisotopic (exact) mass is 161 g/mol. The Morgan fingerprint density at radius 2 is 2.25 bits per heavy atom. The van der Waals surface area contributed by atoms with Gasteiger partial charge in [-0.1, -0.05) is 6.07 Å². The van der Waals surface area contributed by atoms with E-state index in [1.54, 1.807) is 6.20 Å². The Morgan fingerprint density at radius 1 is 1.33 bits per heavy atom. The van der Waals surface area contributed by atoms with Crippen molar-refractivity contribution < 1.29 is 4.42 Å². The summed E-state index contributed by atoms with van der Waals surface area (Å²) in [5.74, 6) is 0.454. The largest absolute Gasteiger partial charge is 0.422 e. The molecule has 0 fully saturated rings. The van der Waals surface area contributed by atoms with Gasteiger partial charge in [0.25, 0.3) is 5.89 Å². The second-order valence-corrected chi connectivity index (χ2v) is 2.46. The number of hydrogen-bond acceptors (Lipinski definition) is 4. The Kier molecular flexibility index (Phi) is 1.59. The van der Waals surface area contributed by atoms with Crippen molar-refractivity contribution in [2.45, 2.75) is 6.92 Å². The number of nitrogens with zero attached hydrogens (tertiary/aromatic N) is 3. The van der Waals surface area contributed by atoms with E-state index in [0.717, 1.165) is 5.56 Å². The highest BCUT2D eigenvalue weighted by Crippen LogP contribution is 2.12. The summed E-state index contributed by atoms with van der Waals surface area (Å²) < 4.78 is 4.97. The summed E-state index contributed by atoms with van der Waals surface area (Å²) in [6.45, 7) is 1.98. The van der Waals surface area contributed by atoms with Crippen LogP contribution in [0.3, 0.4) is 0 Å². The molecule has 4 heteroatoms. The van der Waals surface area contributed by atoms with Crippen LogP contribution in [0.15, 0.2) is 29.1 Å². The van der Waals surface area contributed by atoms with E-state index in [-0.39, 0.29) is 0 Å². The van der Waals surface area contributed by atoms with E-state index in [9.17, 15) is 0 Å². The molecule has 0 aliphatic rings. The molecule has 0 aromatic carbocycles. The van der Waals surface area contributed by atoms with E-state index >= 15 is 0 Å². The summed E-state index contributed by atoms with van der Waals surface area (Å²) in [4.78, 5) is 4.12. The lowest BCUT2D eigenvalue weighted by molar-refractivity contribution is 0.566. The third-order valence-electron chi connectivity index (χ3n) is 1.49. The van der Waals surface area contributed by atoms with Gasteiger partial charge >= 0.3 is 0 Å². The van der Waals surface area contributed by atoms with Gasteiger partial charge in [-0.15, -0.1) is 10.2 Å². The predicted molar refractivity (Wildman–Crippen MR) is 42.3 cm³/mol. The van der Waals surface area contributed by atoms with E-state index < -0.39 is 0 Å². The van der Waals surface area contributed by atoms with E-state index in [4.69, 9.17) is 4.42 Å². The third kappa shape index (κ3) is 1.18. The van der Waals surface area contributed by atoms with Crippen molar-refractivity contribution in [3.8, 4) is 11.6 Å². The molecule has 0 unspecified atom stereocenters. The molecule has 0 saturated heterocycles. The van der Waals surface area contributed by atoms with Crippen LogP contribution in [0.1, 0.15) is 5.56 Å². The molecule has 0 bridgehead atoms. The van der Waals surface area contributed by atoms with Crippen molar-refractivity contribution in [1.29, 1.82) is 0 Å². The minimum atomic E-state index is 0.454. The topological polar surface area (TPSA) is 51.8 Å². The number of rotatable bonds is 1. The Hall–Kier alpha value is -1.71. The summed E-state index contributed by atoms with van der Waals surface area (Å²) in [7, 11) is 0. The van der Waals surface area contributed by atoms with Crippen molar-refractivity contribution in [2.24, 2.45) is 0 Å². The summed E-state index contributed by atoms with van der Waals surface area (Å²) in [5, 5.41) is 7.30. The number of aromatic nitrogens is 3. The van der Waals surface area contributed by atoms with Crippen LogP contribution in [-0.2, 0) is 0 Å². The van der Waals surface area contributed by atoms with Gasteiger partial charge in [0.1, 0.15) is 5.69 Å². The molecular weight excluding hydrogens is 154 g/mol. The fraction of sp³-hybridized carbons (Fsp3) is 0.125. The first-order valence-electron chi connectivity index (χ1n) is 3.55. The molecule has 0 saturated carbocycles. The van der Waals surface area contributed by atoms with Gasteiger partial charge in [-0.2, -0.15) is 0 Å². The van der Waals surface area contributed by atoms with Crippen LogP contribution < -0.4 is 0 Å². The number of pyridine rings is 1. The molecule has 0 amide bonds. The second kappa shape index (κ2) is 2.73. The van der Waals surface area contributed by atoms with Crippen molar-refractivity contribution in [3.05, 3.63) is 30.3 Å². The highest BCUT2D eigenvalue weighted by atomic mass is 16.4. The average molecular weight is 161 g/mol. The lowest BCUT2D eigenvalue weighted by atomic mass is 10.3. The van der Waals surface area contributed by atoms with Crippen LogP contribution in [-0.4, -0.2) is 15.2 Å². The molecule has 0 spiro atoms. The lowest BCUT2D eigenvalue weighted by Gasteiger charge is -1.93. The summed E-state index contributed by atoms with van der Waals surface area (Å²) >= 11 is 0. The van der Waals surface area contributed by atoms with Crippen LogP contribution in [0.5, 0.6) is 0 Å². The van der Waals surface area contributed by atoms with Crippen LogP contribution in [0.4, 0.5) is 0 Å². The Bertz CT molecular complexity index is 352. The normalized spacial score (nSPS) is 10.1. The summed E-state index contributed by atoms with van der Waals surface area (Å²) in [6, 6.07) is 3.80. The number of aryl methyl sites for hydroxylation is 1. The van der Waals surface area contributed by atoms with Crippen molar-refractivity contribution >= 4 is 0 Å². The Labute approximate surface area is 69.3 Å². The Morgan fingerprint density at radius 3 is 2.83 bits per heavy atom. The maximum atomic E-state index is 4.97. The first-order chi connectivity index (χ1) is 5.86. The fourth-order valence-electron chi connectivity index (χ4n) is 0.879. The molecule has 0 aliphatic carbocycles. The van der Waals surface area contributed by atoms with E-state index in [2.05, 4.69) is 15.2 Å². The van der Waals surface area contributed by atoms with Crippen LogP contribution in [0, 0.1) is 6.92 Å². The van der Waals surface area contributed by atoms with Gasteiger partial charge in [-0.25, -0.2) is 0 Å². The van der Waals surface area contributed by atoms with E-state index in [0.29, 0.717) is 11.6 Å². The van der Waals surface area contributed by atoms with Gasteiger partial charge in [0.15, 0.2) is 0 Å². The first kappa shape index (κ1) is 6.97. The highest BCUT2D eigenvalue weighted by molar-refractivity contribution is 5.45. The zero-order valence-electron chi connectivity index (χ0n) is 6.56. The zero-order valence-corrected chi connectivity index (χ0v) is 6.56. The highest BCUT2D eigenvalue weighted by Gasteiger charge is 2.02. The summed E-state index contributed by atoms with van der Waals surface area (Å²) in [5.41, 5.74) is 1.82. The lowest BCUT2D eigenvalue weighted by Crippen LogP contribution is -1.83. The average Bonchev–Trinajstić information content (AvgIpc) is 2.58. The standard InChI is InChI=1S/C8H7N3O/c1-6-2-3-7(9-4-6)8-11-10-5-12-8/h2-5H,1H3. The van der Waals surface area contributed by atoms with Gasteiger partial charge in [0.05, 0.1) is 0 Å². The minimum Gasteiger partial charge on any atom is -0.422 e. The van der Waals surface area contributed by atoms with Crippen LogP contribution in [0.25, 0.3) is 11.6 Å². The summed E-state index contributed by atoms with van der Waals surface area (Å²) in [6.07, 6.45) is 3.05. The quantitative estimate of drug-likeness (QED) is 0.635. The second-order valence-electron chi connectivity index (χ2n) is 2.46. The fourth-order valence-corrected chi connectivity index (χ4v) is 0.879. The molecule has 0 aliphatic heterocycles. The molecule has 2 heterocycles. The van der Waals surface area contributed by atoms with Gasteiger partial charge in [-0.3, -0.25) is 4.98 Å². The molecule has 4 nitrogen and oxygen atoms in total. The van der Waals surface area contributed by atoms with Crippen molar-refractivity contribution in [2.75, 3.05) is 0 Å². The number of hydrogen-bond donors (Lipinski definition) is 0. The molecule has 2 aromatic rings. The third-order valence-corrected chi connectivity index (χ3v) is 1.49. The van der Waals surface area contributed by atoms with Gasteiger partial charge in [0.2, 0.25) is 6.39 Å². The van der Waals surface area contributed by atoms with Gasteiger partial charge in [0, 0.05) is 6.20 Å². The molecule has 0 N–H and O–H groups in total. The maximum absolute atomic E-state index is 4.97. The smallest absolute Gasteiger partial charge is 0.266 e. The molecule has 2 rings (SSSR count). The SMILES string of the molecule is Cc1ccc(-c2nnco2)nc1. The van der Waals surface area contributed by atoms with Gasteiger partial charge in [-0.05, 0) is 18.6 Å². The Balaban J connectivity index is 2.43. The molecule has 0 atom stereocenters. The molecule has 0 radical (unpaired) electrons. The van der Waals surface area contributed by atoms with E-state index in [1.807, 2.05) is 19.1 Å². The maximum Gasteiger partial charge on any atom is 0.266 e. The van der Waals surface area contributed by atoms with Crippen LogP contribution in [0.2, 0.25) is 0 Å². The molecule has 60 valence electrons. The minimum absolute atomic E-state index is 0.454. The molecule has 12 heavy (non-hydrogen) atoms. The predicted octanol–water partition coefficient (Wildman–Crippen LogP) is 1.44. The zero-order chi connectivity index (χ0) is 8.39. The van der Waals surface area contributed by atoms with Crippen molar-refractivity contribution in [3.63, 3.8) is 0 Å². The molecular formula is C8H7N3O. The van der Waals surface area contributed by atoms with Crippen molar-refractivity contribution in [1.82, 2.24) is 15.2 Å². The van der Waals surface area contributed by atoms with Crippen LogP contribution >= 0.6 is 0 Å².